The number of nitrogens with one attached hydrogen (secondary N) is 1. The zero-order valence-electron chi connectivity index (χ0n) is 9.51. The molecule has 2 unspecified atom stereocenters. The summed E-state index contributed by atoms with van der Waals surface area (Å²) in [6.45, 7) is 5.61. The number of hydrazine groups is 1. The van der Waals surface area contributed by atoms with Gasteiger partial charge in [0.2, 0.25) is 0 Å². The molecule has 0 aromatic rings. The van der Waals surface area contributed by atoms with Gasteiger partial charge in [-0.1, -0.05) is 20.3 Å². The Labute approximate surface area is 82.6 Å². The lowest BCUT2D eigenvalue weighted by atomic mass is 9.98. The van der Waals surface area contributed by atoms with Crippen LogP contribution in [0.1, 0.15) is 33.1 Å². The fraction of sp³-hybridized carbons (Fsp3) is 1.00. The third kappa shape index (κ3) is 6.99. The van der Waals surface area contributed by atoms with E-state index in [9.17, 15) is 0 Å². The summed E-state index contributed by atoms with van der Waals surface area (Å²) in [5.74, 6) is 6.26. The fourth-order valence-corrected chi connectivity index (χ4v) is 1.34. The second-order valence-electron chi connectivity index (χ2n) is 4.20. The van der Waals surface area contributed by atoms with Crippen LogP contribution in [0.4, 0.5) is 0 Å². The Bertz CT molecular complexity index is 115. The van der Waals surface area contributed by atoms with Crippen LogP contribution in [0.25, 0.3) is 0 Å². The van der Waals surface area contributed by atoms with Gasteiger partial charge in [-0.3, -0.25) is 11.3 Å². The molecule has 0 fully saturated rings. The van der Waals surface area contributed by atoms with Crippen molar-refractivity contribution in [2.45, 2.75) is 39.2 Å². The van der Waals surface area contributed by atoms with Gasteiger partial charge in [0.1, 0.15) is 0 Å². The molecule has 13 heavy (non-hydrogen) atoms. The summed E-state index contributed by atoms with van der Waals surface area (Å²) in [7, 11) is 4.19. The maximum atomic E-state index is 5.49. The van der Waals surface area contributed by atoms with Gasteiger partial charge in [-0.2, -0.15) is 0 Å². The summed E-state index contributed by atoms with van der Waals surface area (Å²) >= 11 is 0. The molecule has 0 aromatic heterocycles. The van der Waals surface area contributed by atoms with Gasteiger partial charge in [0.25, 0.3) is 0 Å². The predicted octanol–water partition coefficient (Wildman–Crippen LogP) is 1.21. The van der Waals surface area contributed by atoms with Crippen molar-refractivity contribution in [3.63, 3.8) is 0 Å². The molecular formula is C10H25N3. The second kappa shape index (κ2) is 7.30. The number of nitrogens with zero attached hydrogens (tertiary/aromatic N) is 1. The maximum absolute atomic E-state index is 5.49. The average molecular weight is 187 g/mol. The van der Waals surface area contributed by atoms with Crippen LogP contribution in [-0.2, 0) is 0 Å². The van der Waals surface area contributed by atoms with Crippen LogP contribution in [0, 0.1) is 5.92 Å². The van der Waals surface area contributed by atoms with Crippen LogP contribution in [0.2, 0.25) is 0 Å². The molecule has 0 aliphatic heterocycles. The minimum atomic E-state index is 0.470. The normalized spacial score (nSPS) is 16.2. The first kappa shape index (κ1) is 12.9. The van der Waals surface area contributed by atoms with Crippen molar-refractivity contribution in [1.29, 1.82) is 0 Å². The van der Waals surface area contributed by atoms with Crippen LogP contribution in [-0.4, -0.2) is 31.6 Å². The van der Waals surface area contributed by atoms with Crippen LogP contribution in [0.15, 0.2) is 0 Å². The van der Waals surface area contributed by atoms with Crippen molar-refractivity contribution in [2.24, 2.45) is 11.8 Å². The summed E-state index contributed by atoms with van der Waals surface area (Å²) in [4.78, 5) is 2.20. The van der Waals surface area contributed by atoms with E-state index in [1.165, 1.54) is 12.8 Å². The van der Waals surface area contributed by atoms with E-state index >= 15 is 0 Å². The smallest absolute Gasteiger partial charge is 0.0225 e. The Kier molecular flexibility index (Phi) is 7.23. The van der Waals surface area contributed by atoms with Gasteiger partial charge in [0.05, 0.1) is 0 Å². The highest BCUT2D eigenvalue weighted by Crippen LogP contribution is 2.11. The molecule has 0 saturated heterocycles. The molecule has 0 saturated carbocycles. The highest BCUT2D eigenvalue weighted by Gasteiger charge is 2.10. The van der Waals surface area contributed by atoms with Gasteiger partial charge >= 0.3 is 0 Å². The van der Waals surface area contributed by atoms with Crippen molar-refractivity contribution < 1.29 is 0 Å². The van der Waals surface area contributed by atoms with Gasteiger partial charge in [0.15, 0.2) is 0 Å². The summed E-state index contributed by atoms with van der Waals surface area (Å²) in [5, 5.41) is 0. The molecule has 0 aromatic carbocycles. The summed E-state index contributed by atoms with van der Waals surface area (Å²) < 4.78 is 0. The molecule has 0 amide bonds. The number of rotatable bonds is 7. The van der Waals surface area contributed by atoms with Crippen molar-refractivity contribution in [1.82, 2.24) is 10.3 Å². The van der Waals surface area contributed by atoms with Crippen LogP contribution in [0.3, 0.4) is 0 Å². The fourth-order valence-electron chi connectivity index (χ4n) is 1.34. The Morgan fingerprint density at radius 2 is 2.00 bits per heavy atom. The second-order valence-corrected chi connectivity index (χ2v) is 4.20. The molecule has 0 bridgehead atoms. The van der Waals surface area contributed by atoms with E-state index in [1.807, 2.05) is 0 Å². The Balaban J connectivity index is 3.62. The van der Waals surface area contributed by atoms with Crippen molar-refractivity contribution in [3.8, 4) is 0 Å². The molecule has 3 heteroatoms. The third-order valence-corrected chi connectivity index (χ3v) is 2.54. The molecule has 0 aliphatic carbocycles. The standard InChI is InChI=1S/C10H25N3/c1-5-9(2)8-10(12-11)6-7-13(3)4/h9-10,12H,5-8,11H2,1-4H3. The van der Waals surface area contributed by atoms with E-state index in [0.717, 1.165) is 18.9 Å². The third-order valence-electron chi connectivity index (χ3n) is 2.54. The summed E-state index contributed by atoms with van der Waals surface area (Å²) in [6, 6.07) is 0.470. The lowest BCUT2D eigenvalue weighted by molar-refractivity contribution is 0.324. The first-order chi connectivity index (χ1) is 6.10. The Morgan fingerprint density at radius 3 is 2.38 bits per heavy atom. The van der Waals surface area contributed by atoms with Crippen molar-refractivity contribution in [3.05, 3.63) is 0 Å². The average Bonchev–Trinajstić information content (AvgIpc) is 2.11. The van der Waals surface area contributed by atoms with E-state index in [-0.39, 0.29) is 0 Å². The first-order valence-corrected chi connectivity index (χ1v) is 5.21. The van der Waals surface area contributed by atoms with Gasteiger partial charge in [-0.25, -0.2) is 0 Å². The molecule has 0 spiro atoms. The van der Waals surface area contributed by atoms with E-state index in [1.54, 1.807) is 0 Å². The Morgan fingerprint density at radius 1 is 1.38 bits per heavy atom. The van der Waals surface area contributed by atoms with Crippen LogP contribution in [0.5, 0.6) is 0 Å². The minimum Gasteiger partial charge on any atom is -0.309 e. The highest BCUT2D eigenvalue weighted by molar-refractivity contribution is 4.67. The van der Waals surface area contributed by atoms with Crippen molar-refractivity contribution >= 4 is 0 Å². The lowest BCUT2D eigenvalue weighted by Gasteiger charge is -2.21. The topological polar surface area (TPSA) is 41.3 Å². The number of nitrogens with two attached hydrogens (primary N) is 1. The number of hydrogen-bond donors (Lipinski definition) is 2. The number of hydrogen-bond acceptors (Lipinski definition) is 3. The maximum Gasteiger partial charge on any atom is 0.0225 e. The molecule has 3 N–H and O–H groups in total. The SMILES string of the molecule is CCC(C)CC(CCN(C)C)NN. The zero-order valence-corrected chi connectivity index (χ0v) is 9.51. The first-order valence-electron chi connectivity index (χ1n) is 5.21. The summed E-state index contributed by atoms with van der Waals surface area (Å²) in [6.07, 6.45) is 3.55. The molecule has 0 heterocycles. The minimum absolute atomic E-state index is 0.470. The summed E-state index contributed by atoms with van der Waals surface area (Å²) in [5.41, 5.74) is 2.90. The van der Waals surface area contributed by atoms with Gasteiger partial charge < -0.3 is 4.90 Å². The quantitative estimate of drug-likeness (QED) is 0.465. The highest BCUT2D eigenvalue weighted by atomic mass is 15.2. The van der Waals surface area contributed by atoms with E-state index in [2.05, 4.69) is 38.3 Å². The van der Waals surface area contributed by atoms with Gasteiger partial charge in [-0.05, 0) is 39.4 Å². The molecule has 3 nitrogen and oxygen atoms in total. The van der Waals surface area contributed by atoms with Crippen LogP contribution < -0.4 is 11.3 Å². The molecular weight excluding hydrogens is 162 g/mol. The Hall–Kier alpha value is -0.120. The molecule has 0 rings (SSSR count). The predicted molar refractivity (Wildman–Crippen MR) is 58.4 cm³/mol. The molecule has 0 radical (unpaired) electrons. The van der Waals surface area contributed by atoms with Crippen LogP contribution >= 0.6 is 0 Å². The van der Waals surface area contributed by atoms with E-state index in [0.29, 0.717) is 6.04 Å². The monoisotopic (exact) mass is 187 g/mol. The van der Waals surface area contributed by atoms with E-state index < -0.39 is 0 Å². The molecule has 2 atom stereocenters. The molecule has 80 valence electrons. The lowest BCUT2D eigenvalue weighted by Crippen LogP contribution is -2.38. The molecule has 0 aliphatic rings. The van der Waals surface area contributed by atoms with Gasteiger partial charge in [-0.15, -0.1) is 0 Å². The largest absolute Gasteiger partial charge is 0.309 e. The van der Waals surface area contributed by atoms with Gasteiger partial charge in [0, 0.05) is 6.04 Å². The zero-order chi connectivity index (χ0) is 10.3. The van der Waals surface area contributed by atoms with Crippen molar-refractivity contribution in [2.75, 3.05) is 20.6 Å². The van der Waals surface area contributed by atoms with E-state index in [4.69, 9.17) is 5.84 Å².